The van der Waals surface area contributed by atoms with Crippen molar-refractivity contribution in [3.8, 4) is 0 Å². The molecule has 1 aromatic heterocycles. The van der Waals surface area contributed by atoms with E-state index in [0.717, 1.165) is 6.54 Å². The number of hydrogen-bond donors (Lipinski definition) is 0. The summed E-state index contributed by atoms with van der Waals surface area (Å²) in [6, 6.07) is 3.71. The van der Waals surface area contributed by atoms with E-state index in [-0.39, 0.29) is 5.91 Å². The molecule has 0 aliphatic rings. The van der Waals surface area contributed by atoms with Gasteiger partial charge in [-0.25, -0.2) is 0 Å². The lowest BCUT2D eigenvalue weighted by molar-refractivity contribution is 0.0892. The minimum absolute atomic E-state index is 0.147. The predicted molar refractivity (Wildman–Crippen MR) is 48.2 cm³/mol. The standard InChI is InChI=1S/C9H14N2O/c1-10(2)8-5-9(12)11-6-3-4-7-11/h3-4,6-7H,5,8H2,1-2H3. The van der Waals surface area contributed by atoms with Gasteiger partial charge in [-0.05, 0) is 26.2 Å². The number of rotatable bonds is 3. The average molecular weight is 166 g/mol. The zero-order valence-corrected chi connectivity index (χ0v) is 7.53. The third-order valence-corrected chi connectivity index (χ3v) is 1.67. The van der Waals surface area contributed by atoms with Crippen molar-refractivity contribution in [3.63, 3.8) is 0 Å². The van der Waals surface area contributed by atoms with Crippen LogP contribution in [0, 0.1) is 0 Å². The van der Waals surface area contributed by atoms with Crippen molar-refractivity contribution in [2.75, 3.05) is 20.6 Å². The molecule has 0 radical (unpaired) electrons. The summed E-state index contributed by atoms with van der Waals surface area (Å²) in [7, 11) is 3.92. The van der Waals surface area contributed by atoms with Crippen LogP contribution >= 0.6 is 0 Å². The molecule has 12 heavy (non-hydrogen) atoms. The second kappa shape index (κ2) is 4.07. The first-order valence-corrected chi connectivity index (χ1v) is 4.01. The SMILES string of the molecule is CN(C)CCC(=O)n1cccc1. The van der Waals surface area contributed by atoms with Gasteiger partial charge in [0.1, 0.15) is 0 Å². The van der Waals surface area contributed by atoms with Crippen molar-refractivity contribution in [1.82, 2.24) is 9.47 Å². The molecule has 0 amide bonds. The van der Waals surface area contributed by atoms with Gasteiger partial charge in [-0.3, -0.25) is 9.36 Å². The van der Waals surface area contributed by atoms with Crippen LogP contribution in [-0.2, 0) is 0 Å². The molecule has 0 bridgehead atoms. The highest BCUT2D eigenvalue weighted by atomic mass is 16.1. The Morgan fingerprint density at radius 2 is 1.92 bits per heavy atom. The van der Waals surface area contributed by atoms with Crippen LogP contribution < -0.4 is 0 Å². The third-order valence-electron chi connectivity index (χ3n) is 1.67. The Kier molecular flexibility index (Phi) is 3.05. The average Bonchev–Trinajstić information content (AvgIpc) is 2.51. The Morgan fingerprint density at radius 3 is 2.42 bits per heavy atom. The normalized spacial score (nSPS) is 10.6. The lowest BCUT2D eigenvalue weighted by Crippen LogP contribution is -2.19. The van der Waals surface area contributed by atoms with Gasteiger partial charge >= 0.3 is 0 Å². The lowest BCUT2D eigenvalue weighted by Gasteiger charge is -2.08. The highest BCUT2D eigenvalue weighted by molar-refractivity contribution is 5.78. The first-order valence-electron chi connectivity index (χ1n) is 4.01. The molecule has 0 aliphatic carbocycles. The number of carbonyl (C=O) groups excluding carboxylic acids is 1. The molecule has 0 N–H and O–H groups in total. The molecule has 0 aromatic carbocycles. The molecule has 0 spiro atoms. The maximum Gasteiger partial charge on any atom is 0.231 e. The highest BCUT2D eigenvalue weighted by Crippen LogP contribution is 1.94. The van der Waals surface area contributed by atoms with Gasteiger partial charge in [0.2, 0.25) is 5.91 Å². The van der Waals surface area contributed by atoms with Crippen LogP contribution in [0.4, 0.5) is 0 Å². The molecule has 1 aromatic rings. The Balaban J connectivity index is 2.40. The molecule has 3 heteroatoms. The summed E-state index contributed by atoms with van der Waals surface area (Å²) >= 11 is 0. The topological polar surface area (TPSA) is 25.2 Å². The minimum Gasteiger partial charge on any atom is -0.309 e. The Hall–Kier alpha value is -1.09. The van der Waals surface area contributed by atoms with E-state index in [0.29, 0.717) is 6.42 Å². The third kappa shape index (κ3) is 2.51. The summed E-state index contributed by atoms with van der Waals surface area (Å²) in [6.07, 6.45) is 4.12. The molecule has 0 atom stereocenters. The monoisotopic (exact) mass is 166 g/mol. The van der Waals surface area contributed by atoms with E-state index in [2.05, 4.69) is 0 Å². The fourth-order valence-corrected chi connectivity index (χ4v) is 0.949. The first kappa shape index (κ1) is 9.00. The van der Waals surface area contributed by atoms with E-state index < -0.39 is 0 Å². The van der Waals surface area contributed by atoms with Crippen molar-refractivity contribution in [2.45, 2.75) is 6.42 Å². The van der Waals surface area contributed by atoms with Gasteiger partial charge in [0.05, 0.1) is 0 Å². The van der Waals surface area contributed by atoms with Crippen LogP contribution in [0.2, 0.25) is 0 Å². The first-order chi connectivity index (χ1) is 5.70. The molecule has 0 unspecified atom stereocenters. The Labute approximate surface area is 72.6 Å². The highest BCUT2D eigenvalue weighted by Gasteiger charge is 2.02. The van der Waals surface area contributed by atoms with E-state index in [1.54, 1.807) is 17.0 Å². The number of carbonyl (C=O) groups is 1. The van der Waals surface area contributed by atoms with Gasteiger partial charge < -0.3 is 4.90 Å². The zero-order chi connectivity index (χ0) is 8.97. The Morgan fingerprint density at radius 1 is 1.33 bits per heavy atom. The van der Waals surface area contributed by atoms with Crippen molar-refractivity contribution in [2.24, 2.45) is 0 Å². The summed E-state index contributed by atoms with van der Waals surface area (Å²) in [6.45, 7) is 0.803. The van der Waals surface area contributed by atoms with E-state index >= 15 is 0 Å². The van der Waals surface area contributed by atoms with Crippen molar-refractivity contribution < 1.29 is 4.79 Å². The largest absolute Gasteiger partial charge is 0.309 e. The molecule has 1 rings (SSSR count). The molecular formula is C9H14N2O. The number of aromatic nitrogens is 1. The predicted octanol–water partition coefficient (Wildman–Crippen LogP) is 1.08. The molecule has 66 valence electrons. The molecule has 0 fully saturated rings. The van der Waals surface area contributed by atoms with Crippen molar-refractivity contribution >= 4 is 5.91 Å². The van der Waals surface area contributed by atoms with Gasteiger partial charge in [0.15, 0.2) is 0 Å². The molecule has 0 saturated heterocycles. The minimum atomic E-state index is 0.147. The van der Waals surface area contributed by atoms with Crippen LogP contribution in [0.5, 0.6) is 0 Å². The smallest absolute Gasteiger partial charge is 0.231 e. The summed E-state index contributed by atoms with van der Waals surface area (Å²) in [5.74, 6) is 0.147. The lowest BCUT2D eigenvalue weighted by atomic mass is 10.4. The van der Waals surface area contributed by atoms with Crippen LogP contribution in [0.25, 0.3) is 0 Å². The summed E-state index contributed by atoms with van der Waals surface area (Å²) in [4.78, 5) is 13.3. The van der Waals surface area contributed by atoms with Crippen LogP contribution in [0.1, 0.15) is 11.2 Å². The van der Waals surface area contributed by atoms with Crippen LogP contribution in [0.3, 0.4) is 0 Å². The van der Waals surface area contributed by atoms with Gasteiger partial charge in [-0.1, -0.05) is 0 Å². The molecule has 0 saturated carbocycles. The van der Waals surface area contributed by atoms with Crippen LogP contribution in [0.15, 0.2) is 24.5 Å². The van der Waals surface area contributed by atoms with Gasteiger partial charge in [-0.2, -0.15) is 0 Å². The quantitative estimate of drug-likeness (QED) is 0.671. The summed E-state index contributed by atoms with van der Waals surface area (Å²) in [5.41, 5.74) is 0. The summed E-state index contributed by atoms with van der Waals surface area (Å²) in [5, 5.41) is 0. The van der Waals surface area contributed by atoms with E-state index in [1.807, 2.05) is 31.1 Å². The number of nitrogens with zero attached hydrogens (tertiary/aromatic N) is 2. The molecule has 1 heterocycles. The number of hydrogen-bond acceptors (Lipinski definition) is 2. The molecule has 3 nitrogen and oxygen atoms in total. The zero-order valence-electron chi connectivity index (χ0n) is 7.53. The maximum absolute atomic E-state index is 11.3. The maximum atomic E-state index is 11.3. The van der Waals surface area contributed by atoms with Crippen molar-refractivity contribution in [3.05, 3.63) is 24.5 Å². The fourth-order valence-electron chi connectivity index (χ4n) is 0.949. The molecular weight excluding hydrogens is 152 g/mol. The van der Waals surface area contributed by atoms with Gasteiger partial charge in [0, 0.05) is 25.4 Å². The van der Waals surface area contributed by atoms with Crippen LogP contribution in [-0.4, -0.2) is 36.0 Å². The van der Waals surface area contributed by atoms with E-state index in [9.17, 15) is 4.79 Å². The van der Waals surface area contributed by atoms with Gasteiger partial charge in [0.25, 0.3) is 0 Å². The van der Waals surface area contributed by atoms with Gasteiger partial charge in [-0.15, -0.1) is 0 Å². The fraction of sp³-hybridized carbons (Fsp3) is 0.444. The van der Waals surface area contributed by atoms with Crippen molar-refractivity contribution in [1.29, 1.82) is 0 Å². The second-order valence-electron chi connectivity index (χ2n) is 3.04. The molecule has 0 aliphatic heterocycles. The Bertz CT molecular complexity index is 239. The second-order valence-corrected chi connectivity index (χ2v) is 3.04. The van der Waals surface area contributed by atoms with E-state index in [4.69, 9.17) is 0 Å². The summed E-state index contributed by atoms with van der Waals surface area (Å²) < 4.78 is 1.61. The van der Waals surface area contributed by atoms with E-state index in [1.165, 1.54) is 0 Å².